The zero-order chi connectivity index (χ0) is 26.2. The van der Waals surface area contributed by atoms with Gasteiger partial charge in [-0.25, -0.2) is 13.4 Å². The lowest BCUT2D eigenvalue weighted by Gasteiger charge is -2.25. The van der Waals surface area contributed by atoms with Gasteiger partial charge in [0, 0.05) is 6.54 Å². The van der Waals surface area contributed by atoms with E-state index in [9.17, 15) is 13.2 Å². The number of carboxylic acid groups (broad SMARTS) is 1. The highest BCUT2D eigenvalue weighted by Crippen LogP contribution is 2.30. The number of benzene rings is 2. The molecule has 0 aliphatic heterocycles. The summed E-state index contributed by atoms with van der Waals surface area (Å²) in [6, 6.07) is 21.4. The molecule has 8 heteroatoms. The number of nitrogens with zero attached hydrogens (tertiary/aromatic N) is 1. The van der Waals surface area contributed by atoms with Crippen molar-refractivity contribution in [1.29, 1.82) is 0 Å². The second-order valence-corrected chi connectivity index (χ2v) is 11.5. The summed E-state index contributed by atoms with van der Waals surface area (Å²) in [5, 5.41) is 13.7. The predicted octanol–water partition coefficient (Wildman–Crippen LogP) is 5.31. The Morgan fingerprint density at radius 3 is 2.33 bits per heavy atom. The minimum absolute atomic E-state index is 0.0778. The van der Waals surface area contributed by atoms with E-state index in [1.54, 1.807) is 48.5 Å². The predicted molar refractivity (Wildman–Crippen MR) is 143 cm³/mol. The van der Waals surface area contributed by atoms with Gasteiger partial charge in [0.05, 0.1) is 10.6 Å². The maximum atomic E-state index is 13.6. The van der Waals surface area contributed by atoms with Crippen LogP contribution in [0.1, 0.15) is 62.2 Å². The minimum atomic E-state index is -3.83. The lowest BCUT2D eigenvalue weighted by atomic mass is 9.80. The summed E-state index contributed by atoms with van der Waals surface area (Å²) in [6.45, 7) is 6.68. The van der Waals surface area contributed by atoms with Gasteiger partial charge in [-0.15, -0.1) is 0 Å². The Hall–Kier alpha value is -3.23. The maximum Gasteiger partial charge on any atom is 0.322 e. The van der Waals surface area contributed by atoms with Crippen molar-refractivity contribution in [3.05, 3.63) is 89.6 Å². The van der Waals surface area contributed by atoms with E-state index in [0.717, 1.165) is 18.4 Å². The number of aliphatic carboxylic acids is 1. The van der Waals surface area contributed by atoms with E-state index in [4.69, 9.17) is 5.11 Å². The number of carboxylic acids is 1. The molecule has 7 nitrogen and oxygen atoms in total. The molecule has 192 valence electrons. The number of nitrogens with one attached hydrogen (secondary N) is 2. The van der Waals surface area contributed by atoms with Gasteiger partial charge < -0.3 is 10.4 Å². The van der Waals surface area contributed by atoms with Crippen molar-refractivity contribution in [2.45, 2.75) is 62.3 Å². The molecular weight excluding hydrogens is 474 g/mol. The third-order valence-corrected chi connectivity index (χ3v) is 8.18. The highest BCUT2D eigenvalue weighted by molar-refractivity contribution is 7.91. The van der Waals surface area contributed by atoms with Crippen LogP contribution in [0.2, 0.25) is 0 Å². The number of pyridine rings is 1. The summed E-state index contributed by atoms with van der Waals surface area (Å²) in [5.74, 6) is -0.737. The fourth-order valence-corrected chi connectivity index (χ4v) is 5.59. The van der Waals surface area contributed by atoms with Crippen LogP contribution in [0.4, 0.5) is 5.82 Å². The molecule has 2 aromatic carbocycles. The van der Waals surface area contributed by atoms with E-state index in [2.05, 4.69) is 48.5 Å². The van der Waals surface area contributed by atoms with Crippen LogP contribution in [0.5, 0.6) is 0 Å². The highest BCUT2D eigenvalue weighted by Gasteiger charge is 2.30. The molecule has 3 N–H and O–H groups in total. The molecule has 0 fully saturated rings. The first-order valence-electron chi connectivity index (χ1n) is 12.2. The molecule has 0 aliphatic rings. The number of aromatic nitrogens is 1. The van der Waals surface area contributed by atoms with E-state index < -0.39 is 21.2 Å². The Labute approximate surface area is 213 Å². The number of hydrogen-bond donors (Lipinski definition) is 3. The molecule has 0 saturated heterocycles. The largest absolute Gasteiger partial charge is 0.480 e. The molecule has 0 amide bonds. The van der Waals surface area contributed by atoms with E-state index in [1.807, 2.05) is 12.1 Å². The van der Waals surface area contributed by atoms with Gasteiger partial charge in [-0.3, -0.25) is 10.1 Å². The standard InChI is InChI=1S/C28H35N3O4S/c1-4-5-18-28(2,3)22-16-14-21(15-17-22)19-30-27(36(34,35)23-10-7-6-8-11-23)24-12-9-13-25(31-24)29-20-26(32)33/h6-17,27,30H,4-5,18-20H2,1-3H3,(H,29,31)(H,32,33). The van der Waals surface area contributed by atoms with Gasteiger partial charge in [-0.05, 0) is 47.2 Å². The Balaban J connectivity index is 1.86. The second kappa shape index (κ2) is 12.1. The average Bonchev–Trinajstić information content (AvgIpc) is 2.87. The fraction of sp³-hybridized carbons (Fsp3) is 0.357. The number of hydrogen-bond acceptors (Lipinski definition) is 6. The lowest BCUT2D eigenvalue weighted by Crippen LogP contribution is -2.30. The van der Waals surface area contributed by atoms with Gasteiger partial charge in [-0.2, -0.15) is 0 Å². The summed E-state index contributed by atoms with van der Waals surface area (Å²) in [4.78, 5) is 15.5. The Morgan fingerprint density at radius 1 is 1.00 bits per heavy atom. The van der Waals surface area contributed by atoms with Crippen molar-refractivity contribution in [1.82, 2.24) is 10.3 Å². The highest BCUT2D eigenvalue weighted by atomic mass is 32.2. The van der Waals surface area contributed by atoms with Gasteiger partial charge >= 0.3 is 5.97 Å². The number of carbonyl (C=O) groups is 1. The fourth-order valence-electron chi connectivity index (χ4n) is 4.03. The monoisotopic (exact) mass is 509 g/mol. The zero-order valence-electron chi connectivity index (χ0n) is 21.1. The molecule has 0 aliphatic carbocycles. The Kier molecular flexibility index (Phi) is 9.23. The van der Waals surface area contributed by atoms with E-state index in [-0.39, 0.29) is 22.5 Å². The molecule has 1 unspecified atom stereocenters. The maximum absolute atomic E-state index is 13.6. The molecule has 1 aromatic heterocycles. The quantitative estimate of drug-likeness (QED) is 0.287. The second-order valence-electron chi connectivity index (χ2n) is 9.50. The number of sulfone groups is 1. The van der Waals surface area contributed by atoms with E-state index in [1.165, 1.54) is 12.0 Å². The normalized spacial score (nSPS) is 12.8. The van der Waals surface area contributed by atoms with Crippen LogP contribution >= 0.6 is 0 Å². The van der Waals surface area contributed by atoms with Crippen LogP contribution in [-0.4, -0.2) is 31.0 Å². The van der Waals surface area contributed by atoms with Crippen molar-refractivity contribution in [3.8, 4) is 0 Å². The van der Waals surface area contributed by atoms with Gasteiger partial charge in [0.2, 0.25) is 0 Å². The van der Waals surface area contributed by atoms with Gasteiger partial charge in [-0.1, -0.05) is 82.1 Å². The summed E-state index contributed by atoms with van der Waals surface area (Å²) in [6.07, 6.45) is 3.43. The van der Waals surface area contributed by atoms with Crippen LogP contribution < -0.4 is 10.6 Å². The smallest absolute Gasteiger partial charge is 0.322 e. The van der Waals surface area contributed by atoms with Crippen molar-refractivity contribution >= 4 is 21.6 Å². The summed E-state index contributed by atoms with van der Waals surface area (Å²) in [5.41, 5.74) is 2.58. The third-order valence-electron chi connectivity index (χ3n) is 6.22. The SMILES string of the molecule is CCCCC(C)(C)c1ccc(CNC(c2cccc(NCC(=O)O)n2)S(=O)(=O)c2ccccc2)cc1. The molecule has 0 saturated carbocycles. The first-order chi connectivity index (χ1) is 17.1. The van der Waals surface area contributed by atoms with Crippen LogP contribution in [0.3, 0.4) is 0 Å². The van der Waals surface area contributed by atoms with Gasteiger partial charge in [0.25, 0.3) is 0 Å². The Bertz CT molecular complexity index is 1240. The van der Waals surface area contributed by atoms with Crippen molar-refractivity contribution in [2.24, 2.45) is 0 Å². The Morgan fingerprint density at radius 2 is 1.69 bits per heavy atom. The van der Waals surface area contributed by atoms with Crippen molar-refractivity contribution in [2.75, 3.05) is 11.9 Å². The molecule has 3 aromatic rings. The first-order valence-corrected chi connectivity index (χ1v) is 13.7. The van der Waals surface area contributed by atoms with Crippen LogP contribution in [0.25, 0.3) is 0 Å². The van der Waals surface area contributed by atoms with Gasteiger partial charge in [0.1, 0.15) is 12.4 Å². The molecule has 0 spiro atoms. The molecular formula is C28H35N3O4S. The van der Waals surface area contributed by atoms with Crippen LogP contribution in [0, 0.1) is 0 Å². The van der Waals surface area contributed by atoms with E-state index in [0.29, 0.717) is 12.4 Å². The van der Waals surface area contributed by atoms with Crippen molar-refractivity contribution in [3.63, 3.8) is 0 Å². The molecule has 0 bridgehead atoms. The van der Waals surface area contributed by atoms with Crippen LogP contribution in [0.15, 0.2) is 77.7 Å². The molecule has 36 heavy (non-hydrogen) atoms. The first kappa shape index (κ1) is 27.4. The summed E-state index contributed by atoms with van der Waals surface area (Å²) in [7, 11) is -3.83. The zero-order valence-corrected chi connectivity index (χ0v) is 21.9. The molecule has 0 radical (unpaired) electrons. The molecule has 1 atom stereocenters. The van der Waals surface area contributed by atoms with Crippen LogP contribution in [-0.2, 0) is 26.6 Å². The van der Waals surface area contributed by atoms with E-state index >= 15 is 0 Å². The lowest BCUT2D eigenvalue weighted by molar-refractivity contribution is -0.134. The molecule has 3 rings (SSSR count). The topological polar surface area (TPSA) is 108 Å². The van der Waals surface area contributed by atoms with Crippen molar-refractivity contribution < 1.29 is 18.3 Å². The average molecular weight is 510 g/mol. The number of rotatable bonds is 13. The number of unbranched alkanes of at least 4 members (excludes halogenated alkanes) is 1. The molecule has 1 heterocycles. The number of anilines is 1. The van der Waals surface area contributed by atoms with Gasteiger partial charge in [0.15, 0.2) is 15.2 Å². The third kappa shape index (κ3) is 7.15. The summed E-state index contributed by atoms with van der Waals surface area (Å²) >= 11 is 0. The minimum Gasteiger partial charge on any atom is -0.480 e. The summed E-state index contributed by atoms with van der Waals surface area (Å²) < 4.78 is 27.2.